The lowest BCUT2D eigenvalue weighted by Crippen LogP contribution is -2.51. The van der Waals surface area contributed by atoms with Gasteiger partial charge in [0.05, 0.1) is 6.54 Å². The lowest BCUT2D eigenvalue weighted by molar-refractivity contribution is -0.219. The summed E-state index contributed by atoms with van der Waals surface area (Å²) in [6.45, 7) is -2.20. The Morgan fingerprint density at radius 1 is 1.22 bits per heavy atom. The van der Waals surface area contributed by atoms with E-state index in [9.17, 15) is 41.0 Å². The molecule has 1 saturated heterocycles. The van der Waals surface area contributed by atoms with Crippen LogP contribution in [0.1, 0.15) is 12.8 Å². The first-order valence-electron chi connectivity index (χ1n) is 6.53. The number of imide groups is 1. The largest absolute Gasteiger partial charge is 0.415 e. The predicted molar refractivity (Wildman–Crippen MR) is 64.3 cm³/mol. The summed E-state index contributed by atoms with van der Waals surface area (Å²) in [6, 6.07) is -2.74. The third-order valence-corrected chi connectivity index (χ3v) is 3.16. The minimum absolute atomic E-state index is 0.00816. The molecular weight excluding hydrogens is 336 g/mol. The number of carbonyl (C=O) groups excluding carboxylic acids is 2. The molecule has 2 atom stereocenters. The summed E-state index contributed by atoms with van der Waals surface area (Å²) in [6.07, 6.45) is -11.8. The van der Waals surface area contributed by atoms with Crippen LogP contribution in [0.3, 0.4) is 0 Å². The molecule has 1 rings (SSSR count). The van der Waals surface area contributed by atoms with Gasteiger partial charge in [-0.2, -0.15) is 26.3 Å². The van der Waals surface area contributed by atoms with Crippen molar-refractivity contribution >= 4 is 11.9 Å². The number of halogens is 6. The first-order chi connectivity index (χ1) is 10.4. The normalized spacial score (nSPS) is 21.1. The molecule has 1 aliphatic rings. The molecule has 1 fully saturated rings. The van der Waals surface area contributed by atoms with Crippen molar-refractivity contribution < 1.29 is 41.0 Å². The molecule has 0 unspecified atom stereocenters. The Morgan fingerprint density at radius 2 is 1.83 bits per heavy atom. The molecule has 12 heteroatoms. The Kier molecular flexibility index (Phi) is 6.22. The topological polar surface area (TPSA) is 81.7 Å². The van der Waals surface area contributed by atoms with Crippen LogP contribution in [0.2, 0.25) is 0 Å². The van der Waals surface area contributed by atoms with Gasteiger partial charge < -0.3 is 10.4 Å². The van der Waals surface area contributed by atoms with Gasteiger partial charge in [-0.05, 0) is 19.4 Å². The summed E-state index contributed by atoms with van der Waals surface area (Å²) in [5.74, 6) is -1.06. The molecular formula is C11H15F6N3O3. The standard InChI is InChI=1S/C11H15F6N3O3/c12-10(13,14)5-18-9(23)19-7(21)4-20-3-1-2-6(20)8(22)11(15,16)17/h6,8,22H,1-5H2,(H2,18,19,21,23)/t6-,8-/m1/s1. The van der Waals surface area contributed by atoms with Gasteiger partial charge in [0.1, 0.15) is 6.54 Å². The van der Waals surface area contributed by atoms with Gasteiger partial charge in [0.15, 0.2) is 6.10 Å². The van der Waals surface area contributed by atoms with Gasteiger partial charge in [-0.25, -0.2) is 4.79 Å². The van der Waals surface area contributed by atoms with E-state index < -0.39 is 49.5 Å². The van der Waals surface area contributed by atoms with Crippen LogP contribution >= 0.6 is 0 Å². The van der Waals surface area contributed by atoms with Gasteiger partial charge in [-0.15, -0.1) is 0 Å². The Labute approximate surface area is 126 Å². The lowest BCUT2D eigenvalue weighted by atomic mass is 10.1. The maximum atomic E-state index is 12.5. The fraction of sp³-hybridized carbons (Fsp3) is 0.818. The third-order valence-electron chi connectivity index (χ3n) is 3.16. The fourth-order valence-electron chi connectivity index (χ4n) is 2.20. The molecule has 0 radical (unpaired) electrons. The minimum Gasteiger partial charge on any atom is -0.382 e. The average molecular weight is 351 g/mol. The zero-order valence-electron chi connectivity index (χ0n) is 11.7. The highest BCUT2D eigenvalue weighted by Gasteiger charge is 2.47. The number of carbonyl (C=O) groups is 2. The number of likely N-dealkylation sites (tertiary alicyclic amines) is 1. The lowest BCUT2D eigenvalue weighted by Gasteiger charge is -2.29. The monoisotopic (exact) mass is 351 g/mol. The van der Waals surface area contributed by atoms with Crippen molar-refractivity contribution in [2.45, 2.75) is 37.3 Å². The van der Waals surface area contributed by atoms with Gasteiger partial charge in [0, 0.05) is 6.04 Å². The molecule has 0 aromatic heterocycles. The van der Waals surface area contributed by atoms with Crippen LogP contribution in [-0.2, 0) is 4.79 Å². The number of aliphatic hydroxyl groups excluding tert-OH is 1. The molecule has 0 saturated carbocycles. The number of amides is 3. The number of nitrogens with one attached hydrogen (secondary N) is 2. The zero-order chi connectivity index (χ0) is 17.8. The van der Waals surface area contributed by atoms with E-state index in [-0.39, 0.29) is 13.0 Å². The van der Waals surface area contributed by atoms with Crippen molar-refractivity contribution in [3.8, 4) is 0 Å². The van der Waals surface area contributed by atoms with E-state index >= 15 is 0 Å². The number of rotatable bonds is 4. The summed E-state index contributed by atoms with van der Waals surface area (Å²) >= 11 is 0. The number of hydrogen-bond acceptors (Lipinski definition) is 4. The highest BCUT2D eigenvalue weighted by atomic mass is 19.4. The molecule has 134 valence electrons. The van der Waals surface area contributed by atoms with Crippen LogP contribution in [0, 0.1) is 0 Å². The van der Waals surface area contributed by atoms with Crippen molar-refractivity contribution in [1.82, 2.24) is 15.5 Å². The highest BCUT2D eigenvalue weighted by molar-refractivity contribution is 5.95. The molecule has 3 N–H and O–H groups in total. The zero-order valence-corrected chi connectivity index (χ0v) is 11.7. The van der Waals surface area contributed by atoms with Crippen LogP contribution in [0.4, 0.5) is 31.1 Å². The van der Waals surface area contributed by atoms with E-state index in [1.807, 2.05) is 0 Å². The summed E-state index contributed by atoms with van der Waals surface area (Å²) in [5, 5.41) is 12.2. The summed E-state index contributed by atoms with van der Waals surface area (Å²) in [4.78, 5) is 23.6. The number of urea groups is 1. The number of alkyl halides is 6. The van der Waals surface area contributed by atoms with Gasteiger partial charge in [0.25, 0.3) is 0 Å². The van der Waals surface area contributed by atoms with Crippen LogP contribution in [0.5, 0.6) is 0 Å². The smallest absolute Gasteiger partial charge is 0.382 e. The Hall–Kier alpha value is -1.56. The molecule has 6 nitrogen and oxygen atoms in total. The van der Waals surface area contributed by atoms with Crippen molar-refractivity contribution in [1.29, 1.82) is 0 Å². The predicted octanol–water partition coefficient (Wildman–Crippen LogP) is 0.762. The molecule has 1 aliphatic heterocycles. The SMILES string of the molecule is O=C(CN1CCC[C@@H]1[C@@H](O)C(F)(F)F)NC(=O)NCC(F)(F)F. The van der Waals surface area contributed by atoms with E-state index in [0.29, 0.717) is 6.42 Å². The van der Waals surface area contributed by atoms with E-state index in [1.54, 1.807) is 5.32 Å². The van der Waals surface area contributed by atoms with E-state index in [0.717, 1.165) is 4.90 Å². The Bertz CT molecular complexity index is 440. The van der Waals surface area contributed by atoms with Gasteiger partial charge in [-0.3, -0.25) is 15.0 Å². The maximum absolute atomic E-state index is 12.5. The first kappa shape index (κ1) is 19.5. The second-order valence-electron chi connectivity index (χ2n) is 5.01. The number of nitrogens with zero attached hydrogens (tertiary/aromatic N) is 1. The summed E-state index contributed by atoms with van der Waals surface area (Å²) in [7, 11) is 0. The number of hydrogen-bond donors (Lipinski definition) is 3. The van der Waals surface area contributed by atoms with E-state index in [4.69, 9.17) is 0 Å². The minimum atomic E-state index is -4.85. The fourth-order valence-corrected chi connectivity index (χ4v) is 2.20. The molecule has 0 bridgehead atoms. The van der Waals surface area contributed by atoms with Crippen molar-refractivity contribution in [3.63, 3.8) is 0 Å². The molecule has 0 aliphatic carbocycles. The average Bonchev–Trinajstić information content (AvgIpc) is 2.81. The highest BCUT2D eigenvalue weighted by Crippen LogP contribution is 2.30. The molecule has 0 spiro atoms. The third kappa shape index (κ3) is 6.60. The molecule has 0 aromatic rings. The Morgan fingerprint density at radius 3 is 2.35 bits per heavy atom. The molecule has 23 heavy (non-hydrogen) atoms. The first-order valence-corrected chi connectivity index (χ1v) is 6.53. The van der Waals surface area contributed by atoms with Crippen LogP contribution < -0.4 is 10.6 Å². The van der Waals surface area contributed by atoms with Gasteiger partial charge in [-0.1, -0.05) is 0 Å². The van der Waals surface area contributed by atoms with Crippen molar-refractivity contribution in [2.75, 3.05) is 19.6 Å². The Balaban J connectivity index is 2.48. The summed E-state index contributed by atoms with van der Waals surface area (Å²) in [5.41, 5.74) is 0. The molecule has 1 heterocycles. The van der Waals surface area contributed by atoms with E-state index in [2.05, 4.69) is 0 Å². The summed E-state index contributed by atoms with van der Waals surface area (Å²) < 4.78 is 73.0. The molecule has 0 aromatic carbocycles. The van der Waals surface area contributed by atoms with Crippen LogP contribution in [0.15, 0.2) is 0 Å². The van der Waals surface area contributed by atoms with Crippen molar-refractivity contribution in [3.05, 3.63) is 0 Å². The van der Waals surface area contributed by atoms with Gasteiger partial charge >= 0.3 is 18.4 Å². The van der Waals surface area contributed by atoms with Crippen LogP contribution in [-0.4, -0.2) is 66.1 Å². The second kappa shape index (κ2) is 7.34. The van der Waals surface area contributed by atoms with Gasteiger partial charge in [0.2, 0.25) is 5.91 Å². The quantitative estimate of drug-likeness (QED) is 0.654. The molecule has 3 amide bonds. The van der Waals surface area contributed by atoms with Crippen LogP contribution in [0.25, 0.3) is 0 Å². The number of aliphatic hydroxyl groups is 1. The second-order valence-corrected chi connectivity index (χ2v) is 5.01. The van der Waals surface area contributed by atoms with E-state index in [1.165, 1.54) is 5.32 Å². The maximum Gasteiger partial charge on any atom is 0.415 e. The van der Waals surface area contributed by atoms with Crippen molar-refractivity contribution in [2.24, 2.45) is 0 Å².